The zero-order chi connectivity index (χ0) is 33.8. The van der Waals surface area contributed by atoms with Crippen molar-refractivity contribution in [2.24, 2.45) is 17.8 Å². The van der Waals surface area contributed by atoms with E-state index < -0.39 is 38.5 Å². The minimum absolute atomic E-state index is 0.0226. The molecule has 4 aliphatic rings. The SMILES string of the molecule is C[C@@H]1[C@@H](C)C/C=C/[C@@](O)(c2ccncc2F)[C@@H]2CC[C@H]2CN2C[C@@]3(CCCc4cc(Cl)ccc43)COc3ccc(cc32)C(=O)NS1(=O)=O. The predicted octanol–water partition coefficient (Wildman–Crippen LogP) is 6.31. The van der Waals surface area contributed by atoms with Gasteiger partial charge in [-0.05, 0) is 105 Å². The Kier molecular flexibility index (Phi) is 8.57. The highest BCUT2D eigenvalue weighted by atomic mass is 35.5. The fraction of sp³-hybridized carbons (Fsp3) is 0.459. The molecule has 1 saturated carbocycles. The van der Waals surface area contributed by atoms with Crippen molar-refractivity contribution in [1.82, 2.24) is 9.71 Å². The van der Waals surface area contributed by atoms with Crippen LogP contribution in [0.2, 0.25) is 5.02 Å². The van der Waals surface area contributed by atoms with Crippen LogP contribution >= 0.6 is 11.6 Å². The number of benzene rings is 2. The molecule has 0 saturated heterocycles. The van der Waals surface area contributed by atoms with Crippen LogP contribution < -0.4 is 14.4 Å². The molecule has 3 heterocycles. The normalized spacial score (nSPS) is 32.1. The lowest BCUT2D eigenvalue weighted by molar-refractivity contribution is -0.0522. The molecule has 2 bridgehead atoms. The molecule has 6 atom stereocenters. The van der Waals surface area contributed by atoms with E-state index in [2.05, 4.69) is 20.7 Å². The van der Waals surface area contributed by atoms with Gasteiger partial charge in [0.15, 0.2) is 0 Å². The fourth-order valence-electron chi connectivity index (χ4n) is 8.26. The van der Waals surface area contributed by atoms with Gasteiger partial charge in [-0.1, -0.05) is 36.7 Å². The lowest BCUT2D eigenvalue weighted by Crippen LogP contribution is -2.51. The maximum absolute atomic E-state index is 15.4. The van der Waals surface area contributed by atoms with E-state index in [4.69, 9.17) is 16.3 Å². The van der Waals surface area contributed by atoms with E-state index in [0.29, 0.717) is 49.0 Å². The second-order valence-corrected chi connectivity index (χ2v) is 16.7. The number of fused-ring (bicyclic) bond motifs is 4. The number of pyridine rings is 1. The molecule has 0 radical (unpaired) electrons. The van der Waals surface area contributed by atoms with Crippen LogP contribution in [0.15, 0.2) is 67.0 Å². The highest BCUT2D eigenvalue weighted by Crippen LogP contribution is 2.51. The Hall–Kier alpha value is -3.47. The van der Waals surface area contributed by atoms with Crippen molar-refractivity contribution in [3.05, 3.63) is 100 Å². The molecular formula is C37H41ClFN3O5S. The van der Waals surface area contributed by atoms with Crippen LogP contribution in [0.25, 0.3) is 0 Å². The zero-order valence-corrected chi connectivity index (χ0v) is 28.7. The first-order valence-electron chi connectivity index (χ1n) is 16.8. The summed E-state index contributed by atoms with van der Waals surface area (Å²) < 4.78 is 51.1. The van der Waals surface area contributed by atoms with Gasteiger partial charge in [0.2, 0.25) is 10.0 Å². The van der Waals surface area contributed by atoms with Crippen molar-refractivity contribution in [3.63, 3.8) is 0 Å². The minimum Gasteiger partial charge on any atom is -0.490 e. The van der Waals surface area contributed by atoms with Crippen molar-refractivity contribution in [2.75, 3.05) is 24.6 Å². The first-order valence-corrected chi connectivity index (χ1v) is 18.7. The third-order valence-corrected chi connectivity index (χ3v) is 13.5. The lowest BCUT2D eigenvalue weighted by atomic mass is 9.62. The number of nitrogens with zero attached hydrogens (tertiary/aromatic N) is 2. The summed E-state index contributed by atoms with van der Waals surface area (Å²) in [5, 5.41) is 12.2. The highest BCUT2D eigenvalue weighted by molar-refractivity contribution is 7.90. The van der Waals surface area contributed by atoms with Gasteiger partial charge in [-0.25, -0.2) is 17.5 Å². The standard InChI is InChI=1S/C37H41ClFN3O5S/c1-23-5-3-15-37(44,31-13-16-40-19-32(31)39)30-10-7-27(30)20-42-21-36(14-4-6-25-17-28(38)9-11-29(25)36)22-47-34-12-8-26(18-33(34)42)35(43)41-48(45,46)24(23)2/h3,8-9,11-13,15-19,23-24,27,30,44H,4-7,10,14,20-22H2,1-2H3,(H,41,43)/b15-3+/t23-,24+,27-,30+,36-,37-/m0/s1. The molecule has 1 amide bonds. The summed E-state index contributed by atoms with van der Waals surface area (Å²) in [6, 6.07) is 12.6. The Balaban J connectivity index is 1.36. The van der Waals surface area contributed by atoms with Crippen molar-refractivity contribution < 1.29 is 27.4 Å². The Bertz CT molecular complexity index is 1890. The molecule has 2 N–H and O–H groups in total. The first-order chi connectivity index (χ1) is 22.9. The van der Waals surface area contributed by atoms with Crippen molar-refractivity contribution >= 4 is 33.2 Å². The average molecular weight is 694 g/mol. The van der Waals surface area contributed by atoms with Crippen molar-refractivity contribution in [2.45, 2.75) is 68.6 Å². The smallest absolute Gasteiger partial charge is 0.264 e. The first kappa shape index (κ1) is 33.0. The topological polar surface area (TPSA) is 109 Å². The van der Waals surface area contributed by atoms with Gasteiger partial charge in [0.05, 0.1) is 23.7 Å². The predicted molar refractivity (Wildman–Crippen MR) is 183 cm³/mol. The molecule has 2 aromatic carbocycles. The second-order valence-electron chi connectivity index (χ2n) is 14.2. The molecule has 1 aromatic heterocycles. The number of amides is 1. The molecule has 0 unspecified atom stereocenters. The number of aromatic nitrogens is 1. The lowest BCUT2D eigenvalue weighted by Gasteiger charge is -2.49. The Morgan fingerprint density at radius 2 is 1.96 bits per heavy atom. The number of aliphatic hydroxyl groups is 1. The number of halogens is 2. The van der Waals surface area contributed by atoms with E-state index in [1.165, 1.54) is 23.4 Å². The van der Waals surface area contributed by atoms with E-state index >= 15 is 4.39 Å². The quantitative estimate of drug-likeness (QED) is 0.288. The third kappa shape index (κ3) is 5.79. The Labute approximate surface area is 286 Å². The maximum Gasteiger partial charge on any atom is 0.264 e. The van der Waals surface area contributed by atoms with Crippen LogP contribution in [0.3, 0.4) is 0 Å². The third-order valence-electron chi connectivity index (χ3n) is 11.3. The second kappa shape index (κ2) is 12.4. The molecule has 48 heavy (non-hydrogen) atoms. The number of carbonyl (C=O) groups is 1. The molecule has 2 aliphatic heterocycles. The Morgan fingerprint density at radius 1 is 1.12 bits per heavy atom. The van der Waals surface area contributed by atoms with E-state index in [-0.39, 0.29) is 28.4 Å². The molecule has 3 aromatic rings. The average Bonchev–Trinajstić information content (AvgIpc) is 3.18. The monoisotopic (exact) mass is 693 g/mol. The van der Waals surface area contributed by atoms with E-state index in [0.717, 1.165) is 31.9 Å². The summed E-state index contributed by atoms with van der Waals surface area (Å²) in [6.45, 7) is 4.86. The van der Waals surface area contributed by atoms with Crippen LogP contribution in [0.5, 0.6) is 5.75 Å². The molecule has 2 aliphatic carbocycles. The summed E-state index contributed by atoms with van der Waals surface area (Å²) in [5.74, 6) is -1.43. The number of anilines is 1. The van der Waals surface area contributed by atoms with Gasteiger partial charge in [-0.2, -0.15) is 0 Å². The number of nitrogens with one attached hydrogen (secondary N) is 1. The van der Waals surface area contributed by atoms with Gasteiger partial charge in [-0.15, -0.1) is 0 Å². The fourth-order valence-corrected chi connectivity index (χ4v) is 9.74. The summed E-state index contributed by atoms with van der Waals surface area (Å²) in [5.41, 5.74) is 1.43. The summed E-state index contributed by atoms with van der Waals surface area (Å²) >= 11 is 6.42. The van der Waals surface area contributed by atoms with Crippen molar-refractivity contribution in [1.29, 1.82) is 0 Å². The highest BCUT2D eigenvalue weighted by Gasteiger charge is 2.49. The number of sulfonamides is 1. The molecule has 1 spiro atoms. The molecule has 254 valence electrons. The zero-order valence-electron chi connectivity index (χ0n) is 27.2. The number of carbonyl (C=O) groups excluding carboxylic acids is 1. The van der Waals surface area contributed by atoms with Gasteiger partial charge in [0.1, 0.15) is 17.2 Å². The number of hydrogen-bond donors (Lipinski definition) is 2. The van der Waals surface area contributed by atoms with E-state index in [9.17, 15) is 18.3 Å². The maximum atomic E-state index is 15.4. The van der Waals surface area contributed by atoms with Crippen LogP contribution in [0.1, 0.15) is 73.0 Å². The molecule has 8 nitrogen and oxygen atoms in total. The molecule has 1 fully saturated rings. The van der Waals surface area contributed by atoms with Crippen LogP contribution in [0, 0.1) is 23.6 Å². The van der Waals surface area contributed by atoms with Crippen LogP contribution in [0.4, 0.5) is 10.1 Å². The number of allylic oxidation sites excluding steroid dienone is 1. The molecule has 7 rings (SSSR count). The molecule has 11 heteroatoms. The van der Waals surface area contributed by atoms with Gasteiger partial charge < -0.3 is 14.7 Å². The number of aryl methyl sites for hydroxylation is 1. The summed E-state index contributed by atoms with van der Waals surface area (Å²) in [4.78, 5) is 19.6. The van der Waals surface area contributed by atoms with E-state index in [1.54, 1.807) is 44.2 Å². The van der Waals surface area contributed by atoms with Gasteiger partial charge in [0.25, 0.3) is 5.91 Å². The van der Waals surface area contributed by atoms with Crippen LogP contribution in [-0.2, 0) is 27.5 Å². The number of rotatable bonds is 1. The minimum atomic E-state index is -4.05. The molecular weight excluding hydrogens is 653 g/mol. The van der Waals surface area contributed by atoms with Gasteiger partial charge in [-0.3, -0.25) is 9.78 Å². The largest absolute Gasteiger partial charge is 0.490 e. The summed E-state index contributed by atoms with van der Waals surface area (Å²) in [7, 11) is -4.05. The number of hydrogen-bond acceptors (Lipinski definition) is 7. The van der Waals surface area contributed by atoms with E-state index in [1.807, 2.05) is 12.1 Å². The Morgan fingerprint density at radius 3 is 2.73 bits per heavy atom. The van der Waals surface area contributed by atoms with Gasteiger partial charge in [0, 0.05) is 46.8 Å². The van der Waals surface area contributed by atoms with Gasteiger partial charge >= 0.3 is 0 Å². The van der Waals surface area contributed by atoms with Crippen LogP contribution in [-0.4, -0.2) is 49.4 Å². The van der Waals surface area contributed by atoms with Crippen molar-refractivity contribution in [3.8, 4) is 5.75 Å². The summed E-state index contributed by atoms with van der Waals surface area (Å²) in [6.07, 6.45) is 10.6. The number of ether oxygens (including phenoxy) is 1.